The monoisotopic (exact) mass is 324 g/mol. The Labute approximate surface area is 135 Å². The molecule has 2 heterocycles. The molecule has 0 unspecified atom stereocenters. The van der Waals surface area contributed by atoms with E-state index in [0.29, 0.717) is 11.7 Å². The van der Waals surface area contributed by atoms with Gasteiger partial charge in [0.05, 0.1) is 5.69 Å². The van der Waals surface area contributed by atoms with Crippen LogP contribution in [0.5, 0.6) is 0 Å². The summed E-state index contributed by atoms with van der Waals surface area (Å²) in [6.45, 7) is 9.93. The molecule has 0 spiro atoms. The van der Waals surface area contributed by atoms with Crippen LogP contribution in [0.4, 0.5) is 5.13 Å². The number of anilines is 1. The predicted octanol–water partition coefficient (Wildman–Crippen LogP) is 1.72. The topological polar surface area (TPSA) is 65.5 Å². The fraction of sp³-hybridized carbons (Fsp3) is 0.667. The zero-order chi connectivity index (χ0) is 16.5. The van der Waals surface area contributed by atoms with E-state index < -0.39 is 11.8 Å². The van der Waals surface area contributed by atoms with Crippen molar-refractivity contribution in [1.29, 1.82) is 0 Å². The molecule has 7 heteroatoms. The largest absolute Gasteiger partial charge is 0.330 e. The number of hydrogen-bond donors (Lipinski definition) is 1. The Morgan fingerprint density at radius 2 is 2.09 bits per heavy atom. The van der Waals surface area contributed by atoms with Crippen molar-refractivity contribution in [3.05, 3.63) is 10.6 Å². The van der Waals surface area contributed by atoms with Gasteiger partial charge in [-0.25, -0.2) is 4.98 Å². The number of fused-ring (bicyclic) bond motifs is 1. The Morgan fingerprint density at radius 3 is 2.68 bits per heavy atom. The van der Waals surface area contributed by atoms with E-state index in [1.807, 2.05) is 27.7 Å². The first-order chi connectivity index (χ1) is 10.2. The molecule has 0 fully saturated rings. The molecule has 1 N–H and O–H groups in total. The highest BCUT2D eigenvalue weighted by atomic mass is 32.1. The summed E-state index contributed by atoms with van der Waals surface area (Å²) in [5.74, 6) is -1.13. The molecule has 0 aliphatic carbocycles. The molecule has 1 aromatic rings. The highest BCUT2D eigenvalue weighted by Gasteiger charge is 2.30. The normalized spacial score (nSPS) is 15.3. The number of nitrogens with zero attached hydrogens (tertiary/aromatic N) is 3. The number of thiazole rings is 1. The maximum Gasteiger partial charge on any atom is 0.315 e. The molecule has 2 amide bonds. The fourth-order valence-electron chi connectivity index (χ4n) is 2.57. The summed E-state index contributed by atoms with van der Waals surface area (Å²) in [5.41, 5.74) is 0.655. The van der Waals surface area contributed by atoms with Crippen LogP contribution in [0.1, 0.15) is 38.3 Å². The Bertz CT molecular complexity index is 577. The number of rotatable bonds is 2. The van der Waals surface area contributed by atoms with E-state index in [1.54, 1.807) is 4.90 Å². The van der Waals surface area contributed by atoms with Crippen molar-refractivity contribution in [2.24, 2.45) is 0 Å². The number of carbonyl (C=O) groups is 2. The second kappa shape index (κ2) is 6.34. The lowest BCUT2D eigenvalue weighted by molar-refractivity contribution is -0.146. The zero-order valence-electron chi connectivity index (χ0n) is 13.9. The van der Waals surface area contributed by atoms with E-state index in [2.05, 4.69) is 22.2 Å². The van der Waals surface area contributed by atoms with Crippen molar-refractivity contribution >= 4 is 28.3 Å². The van der Waals surface area contributed by atoms with Crippen molar-refractivity contribution in [2.45, 2.75) is 46.2 Å². The second-order valence-corrected chi connectivity index (χ2v) is 7.63. The Morgan fingerprint density at radius 1 is 1.41 bits per heavy atom. The van der Waals surface area contributed by atoms with E-state index in [-0.39, 0.29) is 5.54 Å². The van der Waals surface area contributed by atoms with Gasteiger partial charge in [0.1, 0.15) is 0 Å². The van der Waals surface area contributed by atoms with Gasteiger partial charge in [0, 0.05) is 36.5 Å². The summed E-state index contributed by atoms with van der Waals surface area (Å²) in [5, 5.41) is 3.18. The number of aromatic nitrogens is 1. The summed E-state index contributed by atoms with van der Waals surface area (Å²) < 4.78 is 0. The van der Waals surface area contributed by atoms with Gasteiger partial charge in [-0.15, -0.1) is 11.3 Å². The van der Waals surface area contributed by atoms with Gasteiger partial charge in [-0.1, -0.05) is 0 Å². The Balaban J connectivity index is 2.07. The van der Waals surface area contributed by atoms with Crippen molar-refractivity contribution in [2.75, 3.05) is 25.5 Å². The van der Waals surface area contributed by atoms with Crippen LogP contribution in [-0.2, 0) is 22.6 Å². The van der Waals surface area contributed by atoms with Crippen molar-refractivity contribution in [3.8, 4) is 0 Å². The summed E-state index contributed by atoms with van der Waals surface area (Å²) >= 11 is 1.46. The minimum Gasteiger partial charge on any atom is -0.330 e. The predicted molar refractivity (Wildman–Crippen MR) is 87.9 cm³/mol. The summed E-state index contributed by atoms with van der Waals surface area (Å²) in [6, 6.07) is 0. The fourth-order valence-corrected chi connectivity index (χ4v) is 3.66. The van der Waals surface area contributed by atoms with E-state index in [4.69, 9.17) is 0 Å². The molecule has 1 aromatic heterocycles. The van der Waals surface area contributed by atoms with Gasteiger partial charge < -0.3 is 9.80 Å². The van der Waals surface area contributed by atoms with E-state index in [1.165, 1.54) is 16.2 Å². The van der Waals surface area contributed by atoms with Crippen LogP contribution >= 0.6 is 11.3 Å². The second-order valence-electron chi connectivity index (χ2n) is 6.55. The average Bonchev–Trinajstić information content (AvgIpc) is 2.78. The third kappa shape index (κ3) is 3.64. The minimum absolute atomic E-state index is 0.381. The number of amides is 2. The third-order valence-corrected chi connectivity index (χ3v) is 4.71. The molecule has 0 bridgehead atoms. The van der Waals surface area contributed by atoms with E-state index in [0.717, 1.165) is 25.2 Å². The first-order valence-electron chi connectivity index (χ1n) is 7.52. The van der Waals surface area contributed by atoms with Crippen molar-refractivity contribution < 1.29 is 9.59 Å². The van der Waals surface area contributed by atoms with E-state index >= 15 is 0 Å². The molecule has 22 heavy (non-hydrogen) atoms. The molecule has 1 aliphatic heterocycles. The SMILES string of the molecule is CCN(C(=O)C(=O)Nc1nc2c(s1)CN(C)CC2)C(C)(C)C. The molecule has 6 nitrogen and oxygen atoms in total. The summed E-state index contributed by atoms with van der Waals surface area (Å²) in [7, 11) is 2.06. The highest BCUT2D eigenvalue weighted by molar-refractivity contribution is 7.16. The van der Waals surface area contributed by atoms with Gasteiger partial charge in [-0.05, 0) is 34.7 Å². The van der Waals surface area contributed by atoms with Crippen LogP contribution in [0, 0.1) is 0 Å². The number of hydrogen-bond acceptors (Lipinski definition) is 5. The number of likely N-dealkylation sites (N-methyl/N-ethyl adjacent to an activating group) is 2. The lowest BCUT2D eigenvalue weighted by Crippen LogP contribution is -2.49. The lowest BCUT2D eigenvalue weighted by Gasteiger charge is -2.34. The molecule has 0 radical (unpaired) electrons. The average molecular weight is 324 g/mol. The van der Waals surface area contributed by atoms with Gasteiger partial charge in [0.2, 0.25) is 0 Å². The number of carbonyl (C=O) groups excluding carboxylic acids is 2. The first kappa shape index (κ1) is 16.9. The van der Waals surface area contributed by atoms with Gasteiger partial charge >= 0.3 is 11.8 Å². The quantitative estimate of drug-likeness (QED) is 0.841. The van der Waals surface area contributed by atoms with Crippen LogP contribution in [0.25, 0.3) is 0 Å². The van der Waals surface area contributed by atoms with Crippen LogP contribution in [-0.4, -0.2) is 52.3 Å². The standard InChI is InChI=1S/C15H24N4O2S/c1-6-19(15(2,3)4)13(21)12(20)17-14-16-10-7-8-18(5)9-11(10)22-14/h6-9H2,1-5H3,(H,16,17,20). The van der Waals surface area contributed by atoms with Gasteiger partial charge in [0.25, 0.3) is 0 Å². The summed E-state index contributed by atoms with van der Waals surface area (Å²) in [6.07, 6.45) is 0.884. The van der Waals surface area contributed by atoms with Gasteiger partial charge in [-0.3, -0.25) is 14.9 Å². The molecule has 0 saturated heterocycles. The van der Waals surface area contributed by atoms with Gasteiger partial charge in [0.15, 0.2) is 5.13 Å². The van der Waals surface area contributed by atoms with Crippen molar-refractivity contribution in [3.63, 3.8) is 0 Å². The first-order valence-corrected chi connectivity index (χ1v) is 8.34. The third-order valence-electron chi connectivity index (χ3n) is 3.71. The zero-order valence-corrected chi connectivity index (χ0v) is 14.7. The van der Waals surface area contributed by atoms with Crippen LogP contribution < -0.4 is 5.32 Å². The number of nitrogens with one attached hydrogen (secondary N) is 1. The molecular weight excluding hydrogens is 300 g/mol. The molecule has 2 rings (SSSR count). The van der Waals surface area contributed by atoms with Crippen LogP contribution in [0.3, 0.4) is 0 Å². The molecular formula is C15H24N4O2S. The molecule has 0 atom stereocenters. The van der Waals surface area contributed by atoms with Crippen LogP contribution in [0.15, 0.2) is 0 Å². The highest BCUT2D eigenvalue weighted by Crippen LogP contribution is 2.27. The maximum absolute atomic E-state index is 12.3. The Hall–Kier alpha value is -1.47. The van der Waals surface area contributed by atoms with Crippen molar-refractivity contribution in [1.82, 2.24) is 14.8 Å². The smallest absolute Gasteiger partial charge is 0.315 e. The lowest BCUT2D eigenvalue weighted by atomic mass is 10.1. The maximum atomic E-state index is 12.3. The van der Waals surface area contributed by atoms with Crippen LogP contribution in [0.2, 0.25) is 0 Å². The Kier molecular flexibility index (Phi) is 4.87. The van der Waals surface area contributed by atoms with E-state index in [9.17, 15) is 9.59 Å². The molecule has 0 aromatic carbocycles. The van der Waals surface area contributed by atoms with Gasteiger partial charge in [-0.2, -0.15) is 0 Å². The minimum atomic E-state index is -0.615. The molecule has 122 valence electrons. The molecule has 1 aliphatic rings. The summed E-state index contributed by atoms with van der Waals surface area (Å²) in [4.78, 5) is 33.9. The molecule has 0 saturated carbocycles.